The molecule has 0 bridgehead atoms. The number of halogens is 2. The molecule has 0 fully saturated rings. The Labute approximate surface area is 133 Å². The maximum atomic E-state index is 12.9. The average molecular weight is 321 g/mol. The molecule has 0 atom stereocenters. The van der Waals surface area contributed by atoms with Crippen molar-refractivity contribution >= 4 is 40.5 Å². The minimum Gasteiger partial charge on any atom is -0.383 e. The lowest BCUT2D eigenvalue weighted by atomic mass is 10.1. The maximum absolute atomic E-state index is 12.9. The summed E-state index contributed by atoms with van der Waals surface area (Å²) in [6.45, 7) is 1.46. The molecule has 0 spiro atoms. The van der Waals surface area contributed by atoms with Crippen molar-refractivity contribution in [3.05, 3.63) is 58.1 Å². The van der Waals surface area contributed by atoms with Gasteiger partial charge in [0.05, 0.1) is 27.0 Å². The van der Waals surface area contributed by atoms with E-state index in [-0.39, 0.29) is 5.91 Å². The fraction of sp³-hybridized carbons (Fsp3) is 0.188. The molecule has 5 heteroatoms. The Hall–Kier alpha value is -1.71. The van der Waals surface area contributed by atoms with E-state index in [9.17, 15) is 4.79 Å². The number of carbonyl (C=O) groups excluding carboxylic acids is 1. The summed E-state index contributed by atoms with van der Waals surface area (Å²) < 4.78 is 0. The average Bonchev–Trinajstić information content (AvgIpc) is 2.69. The van der Waals surface area contributed by atoms with Gasteiger partial charge in [-0.3, -0.25) is 4.79 Å². The standard InChI is InChI=1S/C16H14Cl2N2O/c17-11-5-3-6-12(18)15(11)16(21)20-10-4-9-19-13-7-1-2-8-14(13)20/h1-3,5-8,19H,4,9-10H2. The Bertz CT molecular complexity index is 667. The summed E-state index contributed by atoms with van der Waals surface area (Å²) in [7, 11) is 0. The first-order chi connectivity index (χ1) is 10.2. The molecule has 3 nitrogen and oxygen atoms in total. The summed E-state index contributed by atoms with van der Waals surface area (Å²) in [5.41, 5.74) is 2.17. The molecule has 0 unspecified atom stereocenters. The largest absolute Gasteiger partial charge is 0.383 e. The molecule has 108 valence electrons. The van der Waals surface area contributed by atoms with E-state index < -0.39 is 0 Å². The molecule has 2 aromatic rings. The van der Waals surface area contributed by atoms with Crippen LogP contribution < -0.4 is 10.2 Å². The van der Waals surface area contributed by atoms with Gasteiger partial charge in [-0.2, -0.15) is 0 Å². The molecule has 21 heavy (non-hydrogen) atoms. The summed E-state index contributed by atoms with van der Waals surface area (Å²) in [6, 6.07) is 12.9. The zero-order valence-electron chi connectivity index (χ0n) is 11.3. The fourth-order valence-corrected chi connectivity index (χ4v) is 3.05. The number of hydrogen-bond acceptors (Lipinski definition) is 2. The molecular weight excluding hydrogens is 307 g/mol. The van der Waals surface area contributed by atoms with E-state index in [1.165, 1.54) is 0 Å². The van der Waals surface area contributed by atoms with Crippen LogP contribution in [0.1, 0.15) is 16.8 Å². The van der Waals surface area contributed by atoms with Crippen LogP contribution in [0, 0.1) is 0 Å². The van der Waals surface area contributed by atoms with Crippen molar-refractivity contribution in [2.75, 3.05) is 23.3 Å². The number of para-hydroxylation sites is 2. The number of hydrogen-bond donors (Lipinski definition) is 1. The van der Waals surface area contributed by atoms with Crippen LogP contribution in [0.15, 0.2) is 42.5 Å². The second-order valence-electron chi connectivity index (χ2n) is 4.85. The second-order valence-corrected chi connectivity index (χ2v) is 5.67. The van der Waals surface area contributed by atoms with Crippen molar-refractivity contribution in [3.63, 3.8) is 0 Å². The first-order valence-electron chi connectivity index (χ1n) is 6.77. The summed E-state index contributed by atoms with van der Waals surface area (Å²) in [6.07, 6.45) is 0.864. The topological polar surface area (TPSA) is 32.3 Å². The molecule has 1 amide bonds. The quantitative estimate of drug-likeness (QED) is 0.841. The Kier molecular flexibility index (Phi) is 4.04. The number of carbonyl (C=O) groups is 1. The van der Waals surface area contributed by atoms with Gasteiger partial charge in [-0.1, -0.05) is 41.4 Å². The zero-order valence-corrected chi connectivity index (χ0v) is 12.8. The number of benzene rings is 2. The highest BCUT2D eigenvalue weighted by molar-refractivity contribution is 6.40. The van der Waals surface area contributed by atoms with Gasteiger partial charge in [0.25, 0.3) is 5.91 Å². The third-order valence-corrected chi connectivity index (χ3v) is 4.12. The maximum Gasteiger partial charge on any atom is 0.261 e. The van der Waals surface area contributed by atoms with E-state index in [4.69, 9.17) is 23.2 Å². The van der Waals surface area contributed by atoms with Crippen LogP contribution in [0.3, 0.4) is 0 Å². The van der Waals surface area contributed by atoms with Crippen LogP contribution in [0.5, 0.6) is 0 Å². The van der Waals surface area contributed by atoms with Gasteiger partial charge in [0, 0.05) is 13.1 Å². The van der Waals surface area contributed by atoms with Crippen LogP contribution in [0.4, 0.5) is 11.4 Å². The summed E-state index contributed by atoms with van der Waals surface area (Å²) in [4.78, 5) is 14.6. The molecular formula is C16H14Cl2N2O. The van der Waals surface area contributed by atoms with Gasteiger partial charge in [-0.15, -0.1) is 0 Å². The third kappa shape index (κ3) is 2.71. The monoisotopic (exact) mass is 320 g/mol. The van der Waals surface area contributed by atoms with Gasteiger partial charge in [0.2, 0.25) is 0 Å². The number of nitrogens with zero attached hydrogens (tertiary/aromatic N) is 1. The molecule has 0 saturated heterocycles. The lowest BCUT2D eigenvalue weighted by Crippen LogP contribution is -2.32. The first-order valence-corrected chi connectivity index (χ1v) is 7.53. The van der Waals surface area contributed by atoms with Crippen molar-refractivity contribution < 1.29 is 4.79 Å². The predicted molar refractivity (Wildman–Crippen MR) is 87.7 cm³/mol. The van der Waals surface area contributed by atoms with Crippen LogP contribution >= 0.6 is 23.2 Å². The van der Waals surface area contributed by atoms with E-state index in [1.807, 2.05) is 24.3 Å². The molecule has 0 radical (unpaired) electrons. The summed E-state index contributed by atoms with van der Waals surface area (Å²) in [5, 5.41) is 4.08. The highest BCUT2D eigenvalue weighted by Gasteiger charge is 2.25. The van der Waals surface area contributed by atoms with Gasteiger partial charge in [-0.25, -0.2) is 0 Å². The van der Waals surface area contributed by atoms with E-state index in [0.717, 1.165) is 24.3 Å². The van der Waals surface area contributed by atoms with E-state index in [1.54, 1.807) is 23.1 Å². The van der Waals surface area contributed by atoms with Gasteiger partial charge in [0.1, 0.15) is 0 Å². The van der Waals surface area contributed by atoms with Crippen molar-refractivity contribution in [1.82, 2.24) is 0 Å². The summed E-state index contributed by atoms with van der Waals surface area (Å²) >= 11 is 12.3. The lowest BCUT2D eigenvalue weighted by molar-refractivity contribution is 0.0987. The highest BCUT2D eigenvalue weighted by atomic mass is 35.5. The summed E-state index contributed by atoms with van der Waals surface area (Å²) in [5.74, 6) is -0.165. The van der Waals surface area contributed by atoms with Crippen LogP contribution in [-0.4, -0.2) is 19.0 Å². The SMILES string of the molecule is O=C(c1c(Cl)cccc1Cl)N1CCCNc2ccccc21. The number of fused-ring (bicyclic) bond motifs is 1. The van der Waals surface area contributed by atoms with Crippen LogP contribution in [0.25, 0.3) is 0 Å². The van der Waals surface area contributed by atoms with Crippen molar-refractivity contribution in [2.45, 2.75) is 6.42 Å². The molecule has 0 aliphatic carbocycles. The van der Waals surface area contributed by atoms with Gasteiger partial charge < -0.3 is 10.2 Å². The molecule has 1 heterocycles. The lowest BCUT2D eigenvalue weighted by Gasteiger charge is -2.23. The molecule has 1 N–H and O–H groups in total. The number of rotatable bonds is 1. The number of nitrogens with one attached hydrogen (secondary N) is 1. The van der Waals surface area contributed by atoms with Gasteiger partial charge in [0.15, 0.2) is 0 Å². The fourth-order valence-electron chi connectivity index (χ4n) is 2.49. The third-order valence-electron chi connectivity index (χ3n) is 3.49. The Balaban J connectivity index is 2.06. The Morgan fingerprint density at radius 3 is 2.52 bits per heavy atom. The van der Waals surface area contributed by atoms with E-state index in [2.05, 4.69) is 5.32 Å². The molecule has 2 aromatic carbocycles. The Morgan fingerprint density at radius 2 is 1.76 bits per heavy atom. The first kappa shape index (κ1) is 14.2. The molecule has 1 aliphatic heterocycles. The van der Waals surface area contributed by atoms with Crippen LogP contribution in [-0.2, 0) is 0 Å². The molecule has 3 rings (SSSR count). The number of anilines is 2. The van der Waals surface area contributed by atoms with Crippen molar-refractivity contribution in [3.8, 4) is 0 Å². The molecule has 0 aromatic heterocycles. The Morgan fingerprint density at radius 1 is 1.05 bits per heavy atom. The minimum atomic E-state index is -0.165. The second kappa shape index (κ2) is 5.96. The van der Waals surface area contributed by atoms with E-state index in [0.29, 0.717) is 22.2 Å². The van der Waals surface area contributed by atoms with E-state index >= 15 is 0 Å². The van der Waals surface area contributed by atoms with Crippen molar-refractivity contribution in [1.29, 1.82) is 0 Å². The number of amides is 1. The minimum absolute atomic E-state index is 0.165. The highest BCUT2D eigenvalue weighted by Crippen LogP contribution is 2.32. The van der Waals surface area contributed by atoms with Gasteiger partial charge >= 0.3 is 0 Å². The smallest absolute Gasteiger partial charge is 0.261 e. The molecule has 1 aliphatic rings. The zero-order chi connectivity index (χ0) is 14.8. The normalized spacial score (nSPS) is 14.1. The predicted octanol–water partition coefficient (Wildman–Crippen LogP) is 4.46. The van der Waals surface area contributed by atoms with Crippen LogP contribution in [0.2, 0.25) is 10.0 Å². The van der Waals surface area contributed by atoms with Gasteiger partial charge in [-0.05, 0) is 30.7 Å². The van der Waals surface area contributed by atoms with Crippen molar-refractivity contribution in [2.24, 2.45) is 0 Å². The molecule has 0 saturated carbocycles.